The number of morpholine rings is 1. The van der Waals surface area contributed by atoms with E-state index >= 15 is 0 Å². The van der Waals surface area contributed by atoms with Crippen molar-refractivity contribution in [2.75, 3.05) is 72.2 Å². The van der Waals surface area contributed by atoms with Gasteiger partial charge in [-0.3, -0.25) is 4.90 Å². The van der Waals surface area contributed by atoms with Gasteiger partial charge in [-0.05, 0) is 44.1 Å². The van der Waals surface area contributed by atoms with Crippen LogP contribution in [-0.2, 0) is 11.3 Å². The van der Waals surface area contributed by atoms with E-state index in [1.807, 2.05) is 0 Å². The molecule has 1 unspecified atom stereocenters. The number of hydrogen-bond acceptors (Lipinski definition) is 5. The maximum Gasteiger partial charge on any atom is 0.194 e. The summed E-state index contributed by atoms with van der Waals surface area (Å²) in [7, 11) is 0. The van der Waals surface area contributed by atoms with E-state index in [0.717, 1.165) is 83.9 Å². The van der Waals surface area contributed by atoms with E-state index in [0.29, 0.717) is 12.6 Å². The summed E-state index contributed by atoms with van der Waals surface area (Å²) in [6.45, 7) is 17.8. The highest BCUT2D eigenvalue weighted by Crippen LogP contribution is 2.18. The number of likely N-dealkylation sites (tertiary alicyclic amines) is 1. The maximum absolute atomic E-state index is 5.90. The lowest BCUT2D eigenvalue weighted by atomic mass is 10.2. The smallest absolute Gasteiger partial charge is 0.194 e. The number of nitrogens with one attached hydrogen (secondary N) is 1. The lowest BCUT2D eigenvalue weighted by molar-refractivity contribution is 0.0195. The number of hydrogen-bond donors (Lipinski definition) is 1. The zero-order valence-corrected chi connectivity index (χ0v) is 19.7. The van der Waals surface area contributed by atoms with Crippen molar-refractivity contribution >= 4 is 5.96 Å². The third kappa shape index (κ3) is 7.37. The predicted octanol–water partition coefficient (Wildman–Crippen LogP) is 2.28. The molecule has 174 valence electrons. The summed E-state index contributed by atoms with van der Waals surface area (Å²) in [6.07, 6.45) is 1.20. The van der Waals surface area contributed by atoms with Crippen LogP contribution in [0, 0.1) is 0 Å². The molecular weight excluding hydrogens is 390 g/mol. The van der Waals surface area contributed by atoms with Crippen LogP contribution in [0.15, 0.2) is 29.3 Å². The van der Waals surface area contributed by atoms with Gasteiger partial charge in [0, 0.05) is 45.3 Å². The fourth-order valence-electron chi connectivity index (χ4n) is 4.29. The quantitative estimate of drug-likeness (QED) is 0.453. The van der Waals surface area contributed by atoms with Gasteiger partial charge in [0.15, 0.2) is 5.96 Å². The molecule has 1 aromatic rings. The van der Waals surface area contributed by atoms with Crippen molar-refractivity contribution in [1.29, 1.82) is 0 Å². The minimum Gasteiger partial charge on any atom is -0.492 e. The van der Waals surface area contributed by atoms with Gasteiger partial charge in [0.05, 0.1) is 19.8 Å². The minimum atomic E-state index is 0.612. The molecule has 0 aromatic heterocycles. The van der Waals surface area contributed by atoms with Crippen molar-refractivity contribution in [3.05, 3.63) is 29.8 Å². The Morgan fingerprint density at radius 2 is 1.87 bits per heavy atom. The number of aliphatic imine (C=N–C) groups is 1. The first-order chi connectivity index (χ1) is 15.2. The molecule has 0 bridgehead atoms. The van der Waals surface area contributed by atoms with Crippen molar-refractivity contribution in [3.8, 4) is 5.75 Å². The van der Waals surface area contributed by atoms with Crippen molar-refractivity contribution in [3.63, 3.8) is 0 Å². The lowest BCUT2D eigenvalue weighted by Crippen LogP contribution is -2.46. The molecule has 0 saturated carbocycles. The van der Waals surface area contributed by atoms with Crippen molar-refractivity contribution < 1.29 is 9.47 Å². The number of likely N-dealkylation sites (N-methyl/N-ethyl adjacent to an activating group) is 1. The molecule has 7 heteroatoms. The first-order valence-corrected chi connectivity index (χ1v) is 12.0. The fraction of sp³-hybridized carbons (Fsp3) is 0.708. The molecule has 0 radical (unpaired) electrons. The summed E-state index contributed by atoms with van der Waals surface area (Å²) in [5.41, 5.74) is 1.20. The SMILES string of the molecule is CCNC(=NCc1ccc(OCCN(CC)CC)cc1)N1CCC(N2CCOCC2)C1. The van der Waals surface area contributed by atoms with Gasteiger partial charge < -0.3 is 24.6 Å². The maximum atomic E-state index is 5.90. The van der Waals surface area contributed by atoms with E-state index in [1.165, 1.54) is 12.0 Å². The summed E-state index contributed by atoms with van der Waals surface area (Å²) in [4.78, 5) is 12.3. The molecule has 2 saturated heterocycles. The van der Waals surface area contributed by atoms with Crippen LogP contribution in [0.5, 0.6) is 5.75 Å². The number of rotatable bonds is 10. The van der Waals surface area contributed by atoms with Gasteiger partial charge in [0.1, 0.15) is 12.4 Å². The van der Waals surface area contributed by atoms with Gasteiger partial charge in [-0.25, -0.2) is 4.99 Å². The predicted molar refractivity (Wildman–Crippen MR) is 127 cm³/mol. The van der Waals surface area contributed by atoms with Gasteiger partial charge in [-0.15, -0.1) is 0 Å². The Kier molecular flexibility index (Phi) is 9.90. The van der Waals surface area contributed by atoms with Crippen molar-refractivity contribution in [2.24, 2.45) is 4.99 Å². The van der Waals surface area contributed by atoms with E-state index < -0.39 is 0 Å². The molecule has 0 spiro atoms. The Balaban J connectivity index is 1.49. The van der Waals surface area contributed by atoms with E-state index in [2.05, 4.69) is 65.1 Å². The molecule has 1 atom stereocenters. The fourth-order valence-corrected chi connectivity index (χ4v) is 4.29. The van der Waals surface area contributed by atoms with E-state index in [1.54, 1.807) is 0 Å². The Morgan fingerprint density at radius 1 is 1.13 bits per heavy atom. The molecule has 1 N–H and O–H groups in total. The number of guanidine groups is 1. The first kappa shape index (κ1) is 23.8. The van der Waals surface area contributed by atoms with Crippen molar-refractivity contribution in [1.82, 2.24) is 20.0 Å². The summed E-state index contributed by atoms with van der Waals surface area (Å²) < 4.78 is 11.4. The highest BCUT2D eigenvalue weighted by atomic mass is 16.5. The van der Waals surface area contributed by atoms with Crippen LogP contribution in [-0.4, -0.2) is 98.9 Å². The molecule has 7 nitrogen and oxygen atoms in total. The molecule has 2 aliphatic heterocycles. The van der Waals surface area contributed by atoms with Gasteiger partial charge in [0.25, 0.3) is 0 Å². The molecule has 3 rings (SSSR count). The van der Waals surface area contributed by atoms with E-state index in [9.17, 15) is 0 Å². The Labute approximate surface area is 188 Å². The average molecular weight is 432 g/mol. The van der Waals surface area contributed by atoms with Crippen LogP contribution in [0.1, 0.15) is 32.8 Å². The highest BCUT2D eigenvalue weighted by Gasteiger charge is 2.30. The third-order valence-electron chi connectivity index (χ3n) is 6.27. The first-order valence-electron chi connectivity index (χ1n) is 12.0. The number of ether oxygens (including phenoxy) is 2. The summed E-state index contributed by atoms with van der Waals surface area (Å²) in [5, 5.41) is 3.48. The molecule has 0 amide bonds. The molecule has 31 heavy (non-hydrogen) atoms. The summed E-state index contributed by atoms with van der Waals surface area (Å²) in [6, 6.07) is 8.98. The molecule has 1 aromatic carbocycles. The van der Waals surface area contributed by atoms with Gasteiger partial charge in [0.2, 0.25) is 0 Å². The second-order valence-corrected chi connectivity index (χ2v) is 8.23. The summed E-state index contributed by atoms with van der Waals surface area (Å²) in [5.74, 6) is 1.96. The molecular formula is C24H41N5O2. The van der Waals surface area contributed by atoms with Gasteiger partial charge >= 0.3 is 0 Å². The normalized spacial score (nSPS) is 20.5. The van der Waals surface area contributed by atoms with Crippen LogP contribution in [0.4, 0.5) is 0 Å². The largest absolute Gasteiger partial charge is 0.492 e. The van der Waals surface area contributed by atoms with Crippen LogP contribution in [0.25, 0.3) is 0 Å². The van der Waals surface area contributed by atoms with Crippen LogP contribution < -0.4 is 10.1 Å². The Hall–Kier alpha value is -1.83. The Morgan fingerprint density at radius 3 is 2.55 bits per heavy atom. The van der Waals surface area contributed by atoms with Crippen molar-refractivity contribution in [2.45, 2.75) is 39.8 Å². The van der Waals surface area contributed by atoms with Crippen LogP contribution in [0.2, 0.25) is 0 Å². The molecule has 0 aliphatic carbocycles. The molecule has 2 fully saturated rings. The standard InChI is InChI=1S/C24H41N5O2/c1-4-25-24(29-12-11-22(20-29)28-14-16-30-17-15-28)26-19-21-7-9-23(10-8-21)31-18-13-27(5-2)6-3/h7-10,22H,4-6,11-20H2,1-3H3,(H,25,26). The number of benzene rings is 1. The lowest BCUT2D eigenvalue weighted by Gasteiger charge is -2.32. The van der Waals surface area contributed by atoms with Crippen LogP contribution in [0.3, 0.4) is 0 Å². The monoisotopic (exact) mass is 431 g/mol. The topological polar surface area (TPSA) is 52.6 Å². The third-order valence-corrected chi connectivity index (χ3v) is 6.27. The highest BCUT2D eigenvalue weighted by molar-refractivity contribution is 5.80. The second-order valence-electron chi connectivity index (χ2n) is 8.23. The average Bonchev–Trinajstić information content (AvgIpc) is 3.31. The second kappa shape index (κ2) is 12.9. The zero-order chi connectivity index (χ0) is 21.9. The van der Waals surface area contributed by atoms with Gasteiger partial charge in [-0.2, -0.15) is 0 Å². The molecule has 2 heterocycles. The van der Waals surface area contributed by atoms with Crippen LogP contribution >= 0.6 is 0 Å². The zero-order valence-electron chi connectivity index (χ0n) is 19.7. The van der Waals surface area contributed by atoms with Gasteiger partial charge in [-0.1, -0.05) is 26.0 Å². The summed E-state index contributed by atoms with van der Waals surface area (Å²) >= 11 is 0. The van der Waals surface area contributed by atoms with E-state index in [-0.39, 0.29) is 0 Å². The van der Waals surface area contributed by atoms with E-state index in [4.69, 9.17) is 14.5 Å². The minimum absolute atomic E-state index is 0.612. The Bertz CT molecular complexity index is 656. The molecule has 2 aliphatic rings. The number of nitrogens with zero attached hydrogens (tertiary/aromatic N) is 4.